The summed E-state index contributed by atoms with van der Waals surface area (Å²) in [6.45, 7) is 4.67. The van der Waals surface area contributed by atoms with Crippen LogP contribution in [0.5, 0.6) is 0 Å². The standard InChI is InChI=1S/C19H21ClF3N3O3S/c1-4-29-18(28)13-11-7-5-6-8-12(11)30-17(13)24-16(27)10(3)26-9(2)14(20)15(25-26)19(21,22)23/h10H,4-8H2,1-3H3,(H,24,27). The van der Waals surface area contributed by atoms with Crippen LogP contribution in [0.1, 0.15) is 64.9 Å². The van der Waals surface area contributed by atoms with Gasteiger partial charge in [0.05, 0.1) is 22.9 Å². The number of fused-ring (bicyclic) bond motifs is 1. The van der Waals surface area contributed by atoms with Crippen molar-refractivity contribution in [3.8, 4) is 0 Å². The van der Waals surface area contributed by atoms with Crippen LogP contribution >= 0.6 is 22.9 Å². The Morgan fingerprint density at radius 3 is 2.60 bits per heavy atom. The Labute approximate surface area is 180 Å². The number of hydrogen-bond acceptors (Lipinski definition) is 5. The number of hydrogen-bond donors (Lipinski definition) is 1. The number of carbonyl (C=O) groups is 2. The van der Waals surface area contributed by atoms with Crippen LogP contribution in [0.2, 0.25) is 5.02 Å². The summed E-state index contributed by atoms with van der Waals surface area (Å²) in [6.07, 6.45) is -1.28. The number of nitrogens with zero attached hydrogens (tertiary/aromatic N) is 2. The van der Waals surface area contributed by atoms with Crippen LogP contribution in [0, 0.1) is 6.92 Å². The molecule has 2 aromatic rings. The predicted molar refractivity (Wildman–Crippen MR) is 107 cm³/mol. The van der Waals surface area contributed by atoms with E-state index in [1.54, 1.807) is 6.92 Å². The molecular weight excluding hydrogens is 443 g/mol. The van der Waals surface area contributed by atoms with Gasteiger partial charge in [-0.3, -0.25) is 9.48 Å². The molecule has 0 aromatic carbocycles. The van der Waals surface area contributed by atoms with Crippen molar-refractivity contribution in [3.63, 3.8) is 0 Å². The van der Waals surface area contributed by atoms with E-state index in [0.717, 1.165) is 34.4 Å². The monoisotopic (exact) mass is 463 g/mol. The highest BCUT2D eigenvalue weighted by molar-refractivity contribution is 7.17. The van der Waals surface area contributed by atoms with Crippen LogP contribution in [0.3, 0.4) is 0 Å². The van der Waals surface area contributed by atoms with E-state index in [1.165, 1.54) is 25.2 Å². The van der Waals surface area contributed by atoms with Gasteiger partial charge in [-0.15, -0.1) is 11.3 Å². The Kier molecular flexibility index (Phi) is 6.47. The van der Waals surface area contributed by atoms with E-state index in [4.69, 9.17) is 16.3 Å². The van der Waals surface area contributed by atoms with Crippen molar-refractivity contribution in [2.75, 3.05) is 11.9 Å². The molecule has 3 rings (SSSR count). The summed E-state index contributed by atoms with van der Waals surface area (Å²) in [5, 5.41) is 6.01. The number of amides is 1. The number of ether oxygens (including phenoxy) is 1. The van der Waals surface area contributed by atoms with Gasteiger partial charge < -0.3 is 10.1 Å². The first-order valence-electron chi connectivity index (χ1n) is 9.50. The molecule has 0 saturated heterocycles. The maximum Gasteiger partial charge on any atom is 0.436 e. The number of aryl methyl sites for hydroxylation is 1. The lowest BCUT2D eigenvalue weighted by atomic mass is 9.95. The Morgan fingerprint density at radius 1 is 1.33 bits per heavy atom. The molecule has 2 aromatic heterocycles. The summed E-state index contributed by atoms with van der Waals surface area (Å²) in [5.41, 5.74) is 0.0106. The quantitative estimate of drug-likeness (QED) is 0.620. The lowest BCUT2D eigenvalue weighted by Crippen LogP contribution is -2.26. The van der Waals surface area contributed by atoms with Crippen molar-refractivity contribution in [2.45, 2.75) is 58.7 Å². The SMILES string of the molecule is CCOC(=O)c1c(NC(=O)C(C)n2nc(C(F)(F)F)c(Cl)c2C)sc2c1CCCC2. The molecule has 0 bridgehead atoms. The Morgan fingerprint density at radius 2 is 2.00 bits per heavy atom. The second-order valence-corrected chi connectivity index (χ2v) is 8.47. The van der Waals surface area contributed by atoms with Gasteiger partial charge in [0.1, 0.15) is 11.0 Å². The molecule has 0 radical (unpaired) electrons. The molecule has 1 atom stereocenters. The van der Waals surface area contributed by atoms with Gasteiger partial charge in [0.15, 0.2) is 5.69 Å². The van der Waals surface area contributed by atoms with Crippen molar-refractivity contribution in [2.24, 2.45) is 0 Å². The van der Waals surface area contributed by atoms with Crippen molar-refractivity contribution >= 4 is 39.8 Å². The van der Waals surface area contributed by atoms with Crippen LogP contribution in [-0.4, -0.2) is 28.3 Å². The van der Waals surface area contributed by atoms with E-state index < -0.39 is 34.8 Å². The van der Waals surface area contributed by atoms with Crippen molar-refractivity contribution < 1.29 is 27.5 Å². The lowest BCUT2D eigenvalue weighted by Gasteiger charge is -2.15. The maximum atomic E-state index is 13.1. The molecule has 1 N–H and O–H groups in total. The van der Waals surface area contributed by atoms with Gasteiger partial charge in [-0.05, 0) is 52.0 Å². The number of thiophene rings is 1. The number of rotatable bonds is 5. The Bertz CT molecular complexity index is 984. The molecule has 0 fully saturated rings. The minimum atomic E-state index is -4.73. The highest BCUT2D eigenvalue weighted by Crippen LogP contribution is 2.39. The van der Waals surface area contributed by atoms with Crippen LogP contribution in [0.4, 0.5) is 18.2 Å². The molecule has 0 spiro atoms. The van der Waals surface area contributed by atoms with Gasteiger partial charge in [0.2, 0.25) is 5.91 Å². The zero-order valence-corrected chi connectivity index (χ0v) is 18.2. The number of nitrogens with one attached hydrogen (secondary N) is 1. The molecule has 11 heteroatoms. The van der Waals surface area contributed by atoms with Crippen LogP contribution in [0.25, 0.3) is 0 Å². The summed E-state index contributed by atoms with van der Waals surface area (Å²) in [6, 6.07) is -1.08. The Hall–Kier alpha value is -2.07. The second kappa shape index (κ2) is 8.58. The highest BCUT2D eigenvalue weighted by Gasteiger charge is 2.39. The summed E-state index contributed by atoms with van der Waals surface area (Å²) in [5.74, 6) is -1.12. The van der Waals surface area contributed by atoms with Gasteiger partial charge >= 0.3 is 12.1 Å². The van der Waals surface area contributed by atoms with Crippen molar-refractivity contribution in [1.29, 1.82) is 0 Å². The molecule has 1 unspecified atom stereocenters. The number of carbonyl (C=O) groups excluding carboxylic acids is 2. The third-order valence-corrected chi connectivity index (χ3v) is 6.64. The summed E-state index contributed by atoms with van der Waals surface area (Å²) < 4.78 is 45.4. The third-order valence-electron chi connectivity index (χ3n) is 4.98. The normalized spacial score (nSPS) is 14.9. The average molecular weight is 464 g/mol. The summed E-state index contributed by atoms with van der Waals surface area (Å²) in [7, 11) is 0. The molecular formula is C19H21ClF3N3O3S. The molecule has 1 aliphatic rings. The average Bonchev–Trinajstić information content (AvgIpc) is 3.18. The fraction of sp³-hybridized carbons (Fsp3) is 0.526. The van der Waals surface area contributed by atoms with E-state index in [0.29, 0.717) is 17.0 Å². The molecule has 6 nitrogen and oxygen atoms in total. The fourth-order valence-corrected chi connectivity index (χ4v) is 4.97. The first-order valence-corrected chi connectivity index (χ1v) is 10.7. The summed E-state index contributed by atoms with van der Waals surface area (Å²) >= 11 is 7.09. The van der Waals surface area contributed by atoms with E-state index in [1.807, 2.05) is 0 Å². The Balaban J connectivity index is 1.91. The molecule has 1 aliphatic carbocycles. The molecule has 164 valence electrons. The predicted octanol–water partition coefficient (Wildman–Crippen LogP) is 5.18. The van der Waals surface area contributed by atoms with E-state index >= 15 is 0 Å². The van der Waals surface area contributed by atoms with Gasteiger partial charge in [0, 0.05) is 4.88 Å². The largest absolute Gasteiger partial charge is 0.462 e. The number of esters is 1. The molecule has 1 amide bonds. The van der Waals surface area contributed by atoms with Gasteiger partial charge in [-0.1, -0.05) is 11.6 Å². The molecule has 0 aliphatic heterocycles. The maximum absolute atomic E-state index is 13.1. The van der Waals surface area contributed by atoms with Crippen molar-refractivity contribution in [3.05, 3.63) is 32.4 Å². The lowest BCUT2D eigenvalue weighted by molar-refractivity contribution is -0.141. The number of halogens is 4. The van der Waals surface area contributed by atoms with Crippen LogP contribution in [-0.2, 0) is 28.5 Å². The zero-order chi connectivity index (χ0) is 22.2. The number of aromatic nitrogens is 2. The van der Waals surface area contributed by atoms with E-state index in [-0.39, 0.29) is 12.3 Å². The summed E-state index contributed by atoms with van der Waals surface area (Å²) in [4.78, 5) is 26.4. The molecule has 0 saturated carbocycles. The first kappa shape index (κ1) is 22.6. The molecule has 2 heterocycles. The minimum absolute atomic E-state index is 0.0303. The van der Waals surface area contributed by atoms with E-state index in [9.17, 15) is 22.8 Å². The number of anilines is 1. The van der Waals surface area contributed by atoms with Gasteiger partial charge in [0.25, 0.3) is 0 Å². The van der Waals surface area contributed by atoms with Gasteiger partial charge in [-0.2, -0.15) is 18.3 Å². The number of alkyl halides is 3. The van der Waals surface area contributed by atoms with Gasteiger partial charge in [-0.25, -0.2) is 4.79 Å². The smallest absolute Gasteiger partial charge is 0.436 e. The zero-order valence-electron chi connectivity index (χ0n) is 16.7. The second-order valence-electron chi connectivity index (χ2n) is 6.99. The van der Waals surface area contributed by atoms with E-state index in [2.05, 4.69) is 10.4 Å². The topological polar surface area (TPSA) is 73.2 Å². The van der Waals surface area contributed by atoms with Crippen LogP contribution in [0.15, 0.2) is 0 Å². The fourth-order valence-electron chi connectivity index (χ4n) is 3.46. The molecule has 30 heavy (non-hydrogen) atoms. The third kappa shape index (κ3) is 4.20. The van der Waals surface area contributed by atoms with Crippen LogP contribution < -0.4 is 5.32 Å². The highest BCUT2D eigenvalue weighted by atomic mass is 35.5. The van der Waals surface area contributed by atoms with Crippen molar-refractivity contribution in [1.82, 2.24) is 9.78 Å². The first-order chi connectivity index (χ1) is 14.1. The minimum Gasteiger partial charge on any atom is -0.462 e.